The molecule has 6 nitrogen and oxygen atoms in total. The van der Waals surface area contributed by atoms with Gasteiger partial charge in [-0.05, 0) is 18.4 Å². The molecule has 1 aromatic heterocycles. The second-order valence-corrected chi connectivity index (χ2v) is 5.80. The highest BCUT2D eigenvalue weighted by molar-refractivity contribution is 5.92. The van der Waals surface area contributed by atoms with Gasteiger partial charge in [0.1, 0.15) is 5.82 Å². The molecule has 1 atom stereocenters. The third-order valence-corrected chi connectivity index (χ3v) is 4.10. The summed E-state index contributed by atoms with van der Waals surface area (Å²) < 4.78 is 0. The fourth-order valence-electron chi connectivity index (χ4n) is 2.86. The van der Waals surface area contributed by atoms with Gasteiger partial charge in [-0.15, -0.1) is 0 Å². The molecule has 23 heavy (non-hydrogen) atoms. The summed E-state index contributed by atoms with van der Waals surface area (Å²) in [5, 5.41) is 9.32. The Balaban J connectivity index is 1.57. The van der Waals surface area contributed by atoms with Crippen LogP contribution in [0.15, 0.2) is 42.6 Å². The largest absolute Gasteiger partial charge is 0.342 e. The van der Waals surface area contributed by atoms with Crippen LogP contribution in [-0.4, -0.2) is 40.0 Å². The molecule has 0 saturated carbocycles. The zero-order valence-corrected chi connectivity index (χ0v) is 12.9. The lowest BCUT2D eigenvalue weighted by atomic mass is 9.96. The maximum Gasteiger partial charge on any atom is 0.230 e. The van der Waals surface area contributed by atoms with Gasteiger partial charge in [-0.3, -0.25) is 14.7 Å². The van der Waals surface area contributed by atoms with Gasteiger partial charge in [0.25, 0.3) is 0 Å². The fraction of sp³-hybridized carbons (Fsp3) is 0.353. The van der Waals surface area contributed by atoms with Gasteiger partial charge in [0, 0.05) is 19.2 Å². The number of H-pyrrole nitrogens is 1. The molecular formula is C17H20N4O2. The number of aromatic nitrogens is 2. The molecule has 1 fully saturated rings. The number of nitrogens with zero attached hydrogens (tertiary/aromatic N) is 2. The van der Waals surface area contributed by atoms with Crippen molar-refractivity contribution in [3.8, 4) is 0 Å². The Bertz CT molecular complexity index is 654. The van der Waals surface area contributed by atoms with Crippen molar-refractivity contribution >= 4 is 17.6 Å². The summed E-state index contributed by atoms with van der Waals surface area (Å²) in [6, 6.07) is 11.4. The number of anilines is 1. The predicted molar refractivity (Wildman–Crippen MR) is 86.7 cm³/mol. The van der Waals surface area contributed by atoms with Crippen LogP contribution in [0.2, 0.25) is 0 Å². The summed E-state index contributed by atoms with van der Waals surface area (Å²) in [5.74, 6) is 0.427. The molecular weight excluding hydrogens is 292 g/mol. The molecule has 0 radical (unpaired) electrons. The minimum absolute atomic E-state index is 0.0635. The van der Waals surface area contributed by atoms with Gasteiger partial charge in [-0.25, -0.2) is 0 Å². The maximum atomic E-state index is 12.4. The maximum absolute atomic E-state index is 12.4. The van der Waals surface area contributed by atoms with Gasteiger partial charge in [0.2, 0.25) is 11.8 Å². The molecule has 2 heterocycles. The SMILES string of the molecule is O=C(Nc1ccn[nH]1)[C@H]1CCCN(C(=O)Cc2ccccc2)C1. The summed E-state index contributed by atoms with van der Waals surface area (Å²) in [7, 11) is 0. The lowest BCUT2D eigenvalue weighted by Gasteiger charge is -2.32. The van der Waals surface area contributed by atoms with Crippen molar-refractivity contribution in [1.82, 2.24) is 15.1 Å². The zero-order chi connectivity index (χ0) is 16.1. The highest BCUT2D eigenvalue weighted by Gasteiger charge is 2.28. The van der Waals surface area contributed by atoms with E-state index < -0.39 is 0 Å². The summed E-state index contributed by atoms with van der Waals surface area (Å²) >= 11 is 0. The Hall–Kier alpha value is -2.63. The van der Waals surface area contributed by atoms with Crippen LogP contribution in [-0.2, 0) is 16.0 Å². The normalized spacial score (nSPS) is 17.7. The molecule has 2 amide bonds. The van der Waals surface area contributed by atoms with E-state index in [1.807, 2.05) is 30.3 Å². The number of amides is 2. The summed E-state index contributed by atoms with van der Waals surface area (Å²) in [4.78, 5) is 26.5. The number of hydrogen-bond donors (Lipinski definition) is 2. The van der Waals surface area contributed by atoms with Crippen LogP contribution in [0, 0.1) is 5.92 Å². The lowest BCUT2D eigenvalue weighted by molar-refractivity contribution is -0.133. The average Bonchev–Trinajstić information content (AvgIpc) is 3.09. The van der Waals surface area contributed by atoms with Crippen molar-refractivity contribution in [2.24, 2.45) is 5.92 Å². The molecule has 1 saturated heterocycles. The van der Waals surface area contributed by atoms with Crippen LogP contribution in [0.1, 0.15) is 18.4 Å². The monoisotopic (exact) mass is 312 g/mol. The van der Waals surface area contributed by atoms with Crippen molar-refractivity contribution in [3.63, 3.8) is 0 Å². The van der Waals surface area contributed by atoms with E-state index in [4.69, 9.17) is 0 Å². The van der Waals surface area contributed by atoms with E-state index >= 15 is 0 Å². The van der Waals surface area contributed by atoms with E-state index in [1.165, 1.54) is 0 Å². The second-order valence-electron chi connectivity index (χ2n) is 5.80. The Labute approximate surface area is 134 Å². The van der Waals surface area contributed by atoms with Crippen LogP contribution in [0.5, 0.6) is 0 Å². The third kappa shape index (κ3) is 3.97. The van der Waals surface area contributed by atoms with E-state index in [1.54, 1.807) is 17.2 Å². The van der Waals surface area contributed by atoms with Gasteiger partial charge in [-0.2, -0.15) is 5.10 Å². The molecule has 6 heteroatoms. The van der Waals surface area contributed by atoms with E-state index in [2.05, 4.69) is 15.5 Å². The van der Waals surface area contributed by atoms with Crippen LogP contribution < -0.4 is 5.32 Å². The number of nitrogens with one attached hydrogen (secondary N) is 2. The van der Waals surface area contributed by atoms with E-state index in [0.717, 1.165) is 24.9 Å². The van der Waals surface area contributed by atoms with Gasteiger partial charge in [0.05, 0.1) is 18.5 Å². The standard InChI is InChI=1S/C17H20N4O2/c22-16(11-13-5-2-1-3-6-13)21-10-4-7-14(12-21)17(23)19-15-8-9-18-20-15/h1-3,5-6,8-9,14H,4,7,10-12H2,(H2,18,19,20,23)/t14-/m0/s1. The molecule has 2 aromatic rings. The summed E-state index contributed by atoms with van der Waals surface area (Å²) in [6.07, 6.45) is 3.62. The van der Waals surface area contributed by atoms with E-state index in [9.17, 15) is 9.59 Å². The average molecular weight is 312 g/mol. The number of carbonyl (C=O) groups excluding carboxylic acids is 2. The van der Waals surface area contributed by atoms with Gasteiger partial charge in [0.15, 0.2) is 0 Å². The van der Waals surface area contributed by atoms with E-state index in [-0.39, 0.29) is 17.7 Å². The summed E-state index contributed by atoms with van der Waals surface area (Å²) in [6.45, 7) is 1.20. The van der Waals surface area contributed by atoms with Crippen molar-refractivity contribution in [2.75, 3.05) is 18.4 Å². The number of rotatable bonds is 4. The van der Waals surface area contributed by atoms with Gasteiger partial charge in [-0.1, -0.05) is 30.3 Å². The molecule has 0 aliphatic carbocycles. The van der Waals surface area contributed by atoms with Crippen molar-refractivity contribution in [3.05, 3.63) is 48.2 Å². The fourth-order valence-corrected chi connectivity index (χ4v) is 2.86. The van der Waals surface area contributed by atoms with Crippen LogP contribution in [0.4, 0.5) is 5.82 Å². The Morgan fingerprint density at radius 3 is 2.83 bits per heavy atom. The highest BCUT2D eigenvalue weighted by Crippen LogP contribution is 2.19. The van der Waals surface area contributed by atoms with Gasteiger partial charge >= 0.3 is 0 Å². The van der Waals surface area contributed by atoms with Crippen LogP contribution in [0.3, 0.4) is 0 Å². The first-order valence-electron chi connectivity index (χ1n) is 7.84. The molecule has 0 spiro atoms. The number of likely N-dealkylation sites (tertiary alicyclic amines) is 1. The zero-order valence-electron chi connectivity index (χ0n) is 12.9. The first-order chi connectivity index (χ1) is 11.2. The first-order valence-corrected chi connectivity index (χ1v) is 7.84. The number of aromatic amines is 1. The third-order valence-electron chi connectivity index (χ3n) is 4.10. The quantitative estimate of drug-likeness (QED) is 0.904. The molecule has 1 aliphatic rings. The van der Waals surface area contributed by atoms with Crippen LogP contribution >= 0.6 is 0 Å². The number of benzene rings is 1. The van der Waals surface area contributed by atoms with Crippen LogP contribution in [0.25, 0.3) is 0 Å². The summed E-state index contributed by atoms with van der Waals surface area (Å²) in [5.41, 5.74) is 1.00. The molecule has 0 bridgehead atoms. The smallest absolute Gasteiger partial charge is 0.230 e. The first kappa shape index (κ1) is 15.3. The number of piperidine rings is 1. The Morgan fingerprint density at radius 2 is 2.09 bits per heavy atom. The minimum atomic E-state index is -0.174. The van der Waals surface area contributed by atoms with E-state index in [0.29, 0.717) is 18.8 Å². The topological polar surface area (TPSA) is 78.1 Å². The van der Waals surface area contributed by atoms with Gasteiger partial charge < -0.3 is 10.2 Å². The molecule has 0 unspecified atom stereocenters. The number of carbonyl (C=O) groups is 2. The molecule has 120 valence electrons. The Kier molecular flexibility index (Phi) is 4.71. The molecule has 2 N–H and O–H groups in total. The molecule has 1 aromatic carbocycles. The van der Waals surface area contributed by atoms with Crippen molar-refractivity contribution < 1.29 is 9.59 Å². The lowest BCUT2D eigenvalue weighted by Crippen LogP contribution is -2.44. The van der Waals surface area contributed by atoms with Crippen molar-refractivity contribution in [2.45, 2.75) is 19.3 Å². The van der Waals surface area contributed by atoms with Crippen molar-refractivity contribution in [1.29, 1.82) is 0 Å². The highest BCUT2D eigenvalue weighted by atomic mass is 16.2. The molecule has 1 aliphatic heterocycles. The Morgan fingerprint density at radius 1 is 1.26 bits per heavy atom. The number of hydrogen-bond acceptors (Lipinski definition) is 3. The predicted octanol–water partition coefficient (Wildman–Crippen LogP) is 1.83. The minimum Gasteiger partial charge on any atom is -0.342 e. The second kappa shape index (κ2) is 7.09. The molecule has 3 rings (SSSR count).